The van der Waals surface area contributed by atoms with Crippen molar-refractivity contribution in [3.05, 3.63) is 75.6 Å². The van der Waals surface area contributed by atoms with Crippen LogP contribution in [0.15, 0.2) is 57.7 Å². The van der Waals surface area contributed by atoms with Crippen LogP contribution in [-0.4, -0.2) is 18.1 Å². The van der Waals surface area contributed by atoms with Crippen LogP contribution >= 0.6 is 0 Å². The fourth-order valence-electron chi connectivity index (χ4n) is 3.53. The van der Waals surface area contributed by atoms with Gasteiger partial charge in [-0.3, -0.25) is 0 Å². The number of aryl methyl sites for hydroxylation is 2. The van der Waals surface area contributed by atoms with Crippen LogP contribution in [0.5, 0.6) is 5.75 Å². The van der Waals surface area contributed by atoms with Crippen molar-refractivity contribution in [3.63, 3.8) is 0 Å². The van der Waals surface area contributed by atoms with Crippen molar-refractivity contribution in [3.8, 4) is 5.75 Å². The Kier molecular flexibility index (Phi) is 8.24. The van der Waals surface area contributed by atoms with Crippen LogP contribution in [0.2, 0.25) is 0 Å². The highest BCUT2D eigenvalue weighted by Crippen LogP contribution is 2.31. The van der Waals surface area contributed by atoms with E-state index in [2.05, 4.69) is 12.2 Å². The van der Waals surface area contributed by atoms with Gasteiger partial charge in [0.15, 0.2) is 0 Å². The van der Waals surface area contributed by atoms with E-state index in [4.69, 9.17) is 13.9 Å². The first kappa shape index (κ1) is 24.0. The summed E-state index contributed by atoms with van der Waals surface area (Å²) in [5.41, 5.74) is 2.33. The van der Waals surface area contributed by atoms with Gasteiger partial charge in [0.05, 0.1) is 5.39 Å². The lowest BCUT2D eigenvalue weighted by Crippen LogP contribution is -2.42. The highest BCUT2D eigenvalue weighted by Gasteiger charge is 2.24. The summed E-state index contributed by atoms with van der Waals surface area (Å²) in [6, 6.07) is 13.3. The molecule has 1 aromatic heterocycles. The third-order valence-electron chi connectivity index (χ3n) is 5.24. The Morgan fingerprint density at radius 2 is 1.85 bits per heavy atom. The van der Waals surface area contributed by atoms with Crippen LogP contribution < -0.4 is 15.7 Å². The molecular formula is C26H29NO6. The number of nitrogens with one attached hydrogen (secondary N) is 1. The number of benzene rings is 2. The molecule has 0 aliphatic rings. The molecule has 1 N–H and O–H groups in total. The van der Waals surface area contributed by atoms with E-state index in [1.807, 2.05) is 37.3 Å². The smallest absolute Gasteiger partial charge is 0.408 e. The molecule has 3 aromatic rings. The number of amides is 1. The SMILES string of the molecule is CCCCc1cc(=O)oc2cc(C)cc(OC(=O)[C@H](CC)NC(=O)OCc3ccccc3)c12. The summed E-state index contributed by atoms with van der Waals surface area (Å²) in [6.45, 7) is 5.75. The van der Waals surface area contributed by atoms with Gasteiger partial charge in [-0.05, 0) is 55.0 Å². The first-order chi connectivity index (χ1) is 15.9. The summed E-state index contributed by atoms with van der Waals surface area (Å²) < 4.78 is 16.3. The number of ether oxygens (including phenoxy) is 2. The maximum atomic E-state index is 12.9. The number of alkyl carbamates (subject to hydrolysis) is 1. The molecule has 0 spiro atoms. The highest BCUT2D eigenvalue weighted by atomic mass is 16.6. The number of carbonyl (C=O) groups is 2. The molecule has 0 radical (unpaired) electrons. The minimum atomic E-state index is -0.890. The molecule has 33 heavy (non-hydrogen) atoms. The maximum Gasteiger partial charge on any atom is 0.408 e. The van der Waals surface area contributed by atoms with Crippen LogP contribution in [-0.2, 0) is 22.6 Å². The summed E-state index contributed by atoms with van der Waals surface area (Å²) >= 11 is 0. The Morgan fingerprint density at radius 3 is 2.55 bits per heavy atom. The Hall–Kier alpha value is -3.61. The van der Waals surface area contributed by atoms with Crippen LogP contribution in [0.1, 0.15) is 49.8 Å². The Bertz CT molecular complexity index is 1170. The van der Waals surface area contributed by atoms with Crippen molar-refractivity contribution in [2.45, 2.75) is 59.1 Å². The Balaban J connectivity index is 1.77. The molecule has 0 fully saturated rings. The van der Waals surface area contributed by atoms with Crippen LogP contribution in [0, 0.1) is 6.92 Å². The lowest BCUT2D eigenvalue weighted by Gasteiger charge is -2.17. The van der Waals surface area contributed by atoms with Crippen LogP contribution in [0.3, 0.4) is 0 Å². The number of unbranched alkanes of at least 4 members (excludes halogenated alkanes) is 1. The van der Waals surface area contributed by atoms with E-state index in [0.29, 0.717) is 29.6 Å². The Morgan fingerprint density at radius 1 is 1.09 bits per heavy atom. The topological polar surface area (TPSA) is 94.8 Å². The zero-order valence-electron chi connectivity index (χ0n) is 19.2. The summed E-state index contributed by atoms with van der Waals surface area (Å²) in [4.78, 5) is 37.2. The number of esters is 1. The number of fused-ring (bicyclic) bond motifs is 1. The monoisotopic (exact) mass is 451 g/mol. The van der Waals surface area contributed by atoms with Gasteiger partial charge in [0.1, 0.15) is 24.0 Å². The lowest BCUT2D eigenvalue weighted by atomic mass is 10.0. The van der Waals surface area contributed by atoms with E-state index in [0.717, 1.165) is 29.5 Å². The second-order valence-electron chi connectivity index (χ2n) is 7.92. The highest BCUT2D eigenvalue weighted by molar-refractivity contribution is 5.91. The fraction of sp³-hybridized carbons (Fsp3) is 0.346. The van der Waals surface area contributed by atoms with Gasteiger partial charge in [0.25, 0.3) is 0 Å². The molecule has 1 heterocycles. The molecule has 0 unspecified atom stereocenters. The van der Waals surface area contributed by atoms with E-state index in [-0.39, 0.29) is 6.61 Å². The van der Waals surface area contributed by atoms with Crippen molar-refractivity contribution in [2.75, 3.05) is 0 Å². The molecular weight excluding hydrogens is 422 g/mol. The van der Waals surface area contributed by atoms with Crippen LogP contribution in [0.25, 0.3) is 11.0 Å². The van der Waals surface area contributed by atoms with Crippen molar-refractivity contribution in [2.24, 2.45) is 0 Å². The fourth-order valence-corrected chi connectivity index (χ4v) is 3.53. The first-order valence-electron chi connectivity index (χ1n) is 11.2. The number of carbonyl (C=O) groups excluding carboxylic acids is 2. The molecule has 7 nitrogen and oxygen atoms in total. The average molecular weight is 452 g/mol. The van der Waals surface area contributed by atoms with Gasteiger partial charge in [-0.15, -0.1) is 0 Å². The summed E-state index contributed by atoms with van der Waals surface area (Å²) in [7, 11) is 0. The van der Waals surface area contributed by atoms with E-state index < -0.39 is 23.7 Å². The van der Waals surface area contributed by atoms with Gasteiger partial charge < -0.3 is 19.2 Å². The van der Waals surface area contributed by atoms with Gasteiger partial charge in [0, 0.05) is 6.07 Å². The maximum absolute atomic E-state index is 12.9. The first-order valence-corrected chi connectivity index (χ1v) is 11.2. The predicted molar refractivity (Wildman–Crippen MR) is 125 cm³/mol. The molecule has 2 aromatic carbocycles. The average Bonchev–Trinajstić information content (AvgIpc) is 2.79. The second-order valence-corrected chi connectivity index (χ2v) is 7.92. The van der Waals surface area contributed by atoms with E-state index in [9.17, 15) is 14.4 Å². The van der Waals surface area contributed by atoms with Gasteiger partial charge in [-0.1, -0.05) is 50.6 Å². The van der Waals surface area contributed by atoms with Gasteiger partial charge >= 0.3 is 17.7 Å². The largest absolute Gasteiger partial charge is 0.445 e. The molecule has 174 valence electrons. The quantitative estimate of drug-likeness (QED) is 0.278. The van der Waals surface area contributed by atoms with Gasteiger partial charge in [-0.2, -0.15) is 0 Å². The molecule has 7 heteroatoms. The van der Waals surface area contributed by atoms with Crippen molar-refractivity contribution >= 4 is 23.0 Å². The third-order valence-corrected chi connectivity index (χ3v) is 5.24. The summed E-state index contributed by atoms with van der Waals surface area (Å²) in [6.07, 6.45) is 2.11. The predicted octanol–water partition coefficient (Wildman–Crippen LogP) is 5.05. The van der Waals surface area contributed by atoms with Crippen molar-refractivity contribution in [1.29, 1.82) is 0 Å². The molecule has 1 amide bonds. The van der Waals surface area contributed by atoms with Gasteiger partial charge in [-0.25, -0.2) is 14.4 Å². The zero-order chi connectivity index (χ0) is 23.8. The molecule has 3 rings (SSSR count). The van der Waals surface area contributed by atoms with Crippen molar-refractivity contribution < 1.29 is 23.5 Å². The normalized spacial score (nSPS) is 11.7. The molecule has 0 aliphatic heterocycles. The minimum absolute atomic E-state index is 0.0977. The number of rotatable bonds is 9. The molecule has 0 bridgehead atoms. The zero-order valence-corrected chi connectivity index (χ0v) is 19.2. The Labute approximate surface area is 192 Å². The minimum Gasteiger partial charge on any atom is -0.445 e. The van der Waals surface area contributed by atoms with E-state index in [1.54, 1.807) is 19.1 Å². The number of hydrogen-bond acceptors (Lipinski definition) is 6. The van der Waals surface area contributed by atoms with E-state index >= 15 is 0 Å². The molecule has 0 saturated carbocycles. The second kappa shape index (κ2) is 11.3. The molecule has 1 atom stereocenters. The van der Waals surface area contributed by atoms with Crippen LogP contribution in [0.4, 0.5) is 4.79 Å². The number of hydrogen-bond donors (Lipinski definition) is 1. The van der Waals surface area contributed by atoms with E-state index in [1.165, 1.54) is 6.07 Å². The van der Waals surface area contributed by atoms with Crippen molar-refractivity contribution in [1.82, 2.24) is 5.32 Å². The molecule has 0 saturated heterocycles. The standard InChI is InChI=1S/C26H29NO6/c1-4-6-12-19-15-23(28)32-21-13-17(3)14-22(24(19)21)33-25(29)20(5-2)27-26(30)31-16-18-10-8-7-9-11-18/h7-11,13-15,20H,4-6,12,16H2,1-3H3,(H,27,30)/t20-/m0/s1. The summed E-state index contributed by atoms with van der Waals surface area (Å²) in [5.74, 6) is -0.309. The van der Waals surface area contributed by atoms with Gasteiger partial charge in [0.2, 0.25) is 0 Å². The molecule has 0 aliphatic carbocycles. The third kappa shape index (κ3) is 6.44. The summed E-state index contributed by atoms with van der Waals surface area (Å²) in [5, 5.41) is 3.17. The lowest BCUT2D eigenvalue weighted by molar-refractivity contribution is -0.136.